The van der Waals surface area contributed by atoms with Crippen molar-refractivity contribution in [2.45, 2.75) is 464 Å². The molecule has 0 amide bonds. The highest BCUT2D eigenvalue weighted by atomic mass is 31.2. The molecule has 0 aliphatic carbocycles. The Labute approximate surface area is 632 Å². The zero-order valence-electron chi connectivity index (χ0n) is 67.6. The molecule has 0 radical (unpaired) electrons. The number of hydrogen-bond donors (Lipinski definition) is 3. The number of rotatable bonds is 83. The average Bonchev–Trinajstić information content (AvgIpc) is 1.86. The highest BCUT2D eigenvalue weighted by molar-refractivity contribution is 7.47. The molecule has 0 aromatic rings. The van der Waals surface area contributed by atoms with E-state index < -0.39 is 97.5 Å². The molecule has 0 heterocycles. The normalized spacial score (nSPS) is 14.4. The smallest absolute Gasteiger partial charge is 0.462 e. The number of phosphoric ester groups is 2. The van der Waals surface area contributed by atoms with Gasteiger partial charge in [0.15, 0.2) is 12.2 Å². The first-order chi connectivity index (χ1) is 49.9. The maximum atomic E-state index is 13.1. The van der Waals surface area contributed by atoms with Gasteiger partial charge in [-0.05, 0) is 37.5 Å². The minimum absolute atomic E-state index is 0.106. The number of aliphatic hydroxyl groups excluding tert-OH is 1. The van der Waals surface area contributed by atoms with Crippen molar-refractivity contribution in [3.05, 3.63) is 0 Å². The topological polar surface area (TPSA) is 237 Å². The van der Waals surface area contributed by atoms with Crippen molar-refractivity contribution in [2.75, 3.05) is 39.6 Å². The molecule has 19 heteroatoms. The summed E-state index contributed by atoms with van der Waals surface area (Å²) < 4.78 is 68.9. The van der Waals surface area contributed by atoms with Gasteiger partial charge < -0.3 is 33.8 Å². The Morgan fingerprint density at radius 3 is 0.689 bits per heavy atom. The average molecular weight is 1510 g/mol. The van der Waals surface area contributed by atoms with E-state index in [0.29, 0.717) is 25.7 Å². The number of carbonyl (C=O) groups is 4. The summed E-state index contributed by atoms with van der Waals surface area (Å²) in [6.07, 6.45) is 66.5. The number of phosphoric acid groups is 2. The van der Waals surface area contributed by atoms with Crippen LogP contribution in [0.25, 0.3) is 0 Å². The largest absolute Gasteiger partial charge is 0.472 e. The molecule has 0 saturated heterocycles. The highest BCUT2D eigenvalue weighted by Gasteiger charge is 2.30. The van der Waals surface area contributed by atoms with E-state index in [-0.39, 0.29) is 25.7 Å². The summed E-state index contributed by atoms with van der Waals surface area (Å²) in [5.74, 6) is -0.524. The van der Waals surface area contributed by atoms with Gasteiger partial charge in [-0.15, -0.1) is 0 Å². The predicted octanol–water partition coefficient (Wildman–Crippen LogP) is 25.5. The van der Waals surface area contributed by atoms with Gasteiger partial charge in [0, 0.05) is 25.7 Å². The quantitative estimate of drug-likeness (QED) is 0.0222. The Hall–Kier alpha value is -1.94. The summed E-state index contributed by atoms with van der Waals surface area (Å²) in [6, 6.07) is 0. The fourth-order valence-electron chi connectivity index (χ4n) is 13.0. The molecule has 103 heavy (non-hydrogen) atoms. The molecule has 0 aromatic heterocycles. The van der Waals surface area contributed by atoms with E-state index in [1.165, 1.54) is 263 Å². The summed E-state index contributed by atoms with van der Waals surface area (Å²) in [6.45, 7) is 9.68. The van der Waals surface area contributed by atoms with Crippen molar-refractivity contribution in [3.8, 4) is 0 Å². The third-order valence-electron chi connectivity index (χ3n) is 20.4. The second-order valence-electron chi connectivity index (χ2n) is 30.7. The number of ether oxygens (including phenoxy) is 4. The molecule has 0 aliphatic heterocycles. The van der Waals surface area contributed by atoms with Crippen LogP contribution in [0.3, 0.4) is 0 Å². The minimum Gasteiger partial charge on any atom is -0.462 e. The Kier molecular flexibility index (Phi) is 74.1. The van der Waals surface area contributed by atoms with E-state index in [4.69, 9.17) is 37.0 Å². The van der Waals surface area contributed by atoms with Gasteiger partial charge >= 0.3 is 39.5 Å². The van der Waals surface area contributed by atoms with E-state index in [1.807, 2.05) is 0 Å². The lowest BCUT2D eigenvalue weighted by Gasteiger charge is -2.21. The Morgan fingerprint density at radius 2 is 0.466 bits per heavy atom. The zero-order valence-corrected chi connectivity index (χ0v) is 69.4. The molecule has 0 aromatic carbocycles. The molecule has 0 fully saturated rings. The van der Waals surface area contributed by atoms with Crippen LogP contribution in [0.15, 0.2) is 0 Å². The molecule has 0 spiro atoms. The third kappa shape index (κ3) is 75.3. The SMILES string of the molecule is CCCCCCCCCCCCCCCCCCCCCCC(=O)O[C@H](COC(=O)CCCCCCCCCCCCCCCCCCC)COP(=O)(O)OC[C@@H](O)COP(=O)(O)OC[C@@H](COC(=O)CCCCCCCCCCC(C)CC)OC(=O)CCCCCCCCCCCCC(C)CC. The van der Waals surface area contributed by atoms with Crippen molar-refractivity contribution >= 4 is 39.5 Å². The van der Waals surface area contributed by atoms with E-state index in [9.17, 15) is 43.2 Å². The van der Waals surface area contributed by atoms with E-state index >= 15 is 0 Å². The van der Waals surface area contributed by atoms with Crippen molar-refractivity contribution in [1.29, 1.82) is 0 Å². The molecule has 0 bridgehead atoms. The van der Waals surface area contributed by atoms with Gasteiger partial charge in [0.05, 0.1) is 26.4 Å². The lowest BCUT2D eigenvalue weighted by atomic mass is 9.99. The summed E-state index contributed by atoms with van der Waals surface area (Å²) in [4.78, 5) is 73.2. The molecular formula is C84H164O17P2. The molecule has 612 valence electrons. The van der Waals surface area contributed by atoms with Crippen LogP contribution in [-0.4, -0.2) is 96.7 Å². The third-order valence-corrected chi connectivity index (χ3v) is 22.3. The Bertz CT molecular complexity index is 1980. The van der Waals surface area contributed by atoms with Crippen molar-refractivity contribution in [1.82, 2.24) is 0 Å². The first-order valence-electron chi connectivity index (χ1n) is 43.6. The molecule has 0 aliphatic rings. The summed E-state index contributed by atoms with van der Waals surface area (Å²) in [5.41, 5.74) is 0. The monoisotopic (exact) mass is 1510 g/mol. The van der Waals surface area contributed by atoms with Crippen LogP contribution < -0.4 is 0 Å². The first-order valence-corrected chi connectivity index (χ1v) is 46.6. The maximum Gasteiger partial charge on any atom is 0.472 e. The van der Waals surface area contributed by atoms with Crippen LogP contribution in [0.4, 0.5) is 0 Å². The number of unbranched alkanes of at least 4 members (excludes halogenated alkanes) is 51. The summed E-state index contributed by atoms with van der Waals surface area (Å²) in [5, 5.41) is 10.7. The van der Waals surface area contributed by atoms with Crippen molar-refractivity contribution in [3.63, 3.8) is 0 Å². The van der Waals surface area contributed by atoms with Crippen LogP contribution in [0.1, 0.15) is 446 Å². The lowest BCUT2D eigenvalue weighted by Crippen LogP contribution is -2.30. The molecule has 0 saturated carbocycles. The van der Waals surface area contributed by atoms with Crippen LogP contribution >= 0.6 is 15.6 Å². The van der Waals surface area contributed by atoms with Gasteiger partial charge in [0.1, 0.15) is 19.3 Å². The number of carbonyl (C=O) groups excluding carboxylic acids is 4. The van der Waals surface area contributed by atoms with Gasteiger partial charge in [-0.2, -0.15) is 0 Å². The van der Waals surface area contributed by atoms with Crippen LogP contribution in [0.2, 0.25) is 0 Å². The minimum atomic E-state index is -4.96. The second kappa shape index (κ2) is 75.5. The van der Waals surface area contributed by atoms with E-state index in [0.717, 1.165) is 102 Å². The molecule has 3 N–H and O–H groups in total. The van der Waals surface area contributed by atoms with Crippen LogP contribution in [0, 0.1) is 11.8 Å². The van der Waals surface area contributed by atoms with Crippen molar-refractivity contribution in [2.24, 2.45) is 11.8 Å². The fourth-order valence-corrected chi connectivity index (χ4v) is 14.6. The molecule has 4 unspecified atom stereocenters. The molecule has 7 atom stereocenters. The van der Waals surface area contributed by atoms with Crippen LogP contribution in [0.5, 0.6) is 0 Å². The van der Waals surface area contributed by atoms with E-state index in [1.54, 1.807) is 0 Å². The van der Waals surface area contributed by atoms with Gasteiger partial charge in [-0.25, -0.2) is 9.13 Å². The predicted molar refractivity (Wildman–Crippen MR) is 423 cm³/mol. The Morgan fingerprint density at radius 1 is 0.272 bits per heavy atom. The fraction of sp³-hybridized carbons (Fsp3) is 0.952. The number of esters is 4. The van der Waals surface area contributed by atoms with Gasteiger partial charge in [-0.3, -0.25) is 37.3 Å². The maximum absolute atomic E-state index is 13.1. The van der Waals surface area contributed by atoms with Crippen LogP contribution in [-0.2, 0) is 65.4 Å². The summed E-state index contributed by atoms with van der Waals surface area (Å²) in [7, 11) is -9.93. The van der Waals surface area contributed by atoms with Gasteiger partial charge in [0.25, 0.3) is 0 Å². The molecule has 17 nitrogen and oxygen atoms in total. The summed E-state index contributed by atoms with van der Waals surface area (Å²) >= 11 is 0. The number of aliphatic hydroxyl groups is 1. The van der Waals surface area contributed by atoms with E-state index in [2.05, 4.69) is 41.5 Å². The second-order valence-corrected chi connectivity index (χ2v) is 33.6. The number of hydrogen-bond acceptors (Lipinski definition) is 15. The van der Waals surface area contributed by atoms with Gasteiger partial charge in [-0.1, -0.05) is 395 Å². The highest BCUT2D eigenvalue weighted by Crippen LogP contribution is 2.45. The van der Waals surface area contributed by atoms with Gasteiger partial charge in [0.2, 0.25) is 0 Å². The standard InChI is InChI=1S/C84H164O17P2/c1-7-11-13-15-17-19-21-23-25-27-28-29-31-33-35-37-42-50-56-62-68-83(88)100-79(72-94-81(86)66-60-54-48-41-36-34-32-30-26-24-22-20-18-16-14-12-8-2)74-98-102(90,91)96-70-78(85)71-97-103(92,93)99-75-80(73-95-82(87)67-61-55-49-45-44-47-53-59-65-77(6)10-4)101-84(89)69-63-57-51-43-39-38-40-46-52-58-64-76(5)9-3/h76-80,85H,7-75H2,1-6H3,(H,90,91)(H,92,93)/t76?,77?,78-,79-,80-/m1/s1. The first kappa shape index (κ1) is 101. The van der Waals surface area contributed by atoms with Crippen molar-refractivity contribution < 1.29 is 80.2 Å². The molecule has 0 rings (SSSR count). The lowest BCUT2D eigenvalue weighted by molar-refractivity contribution is -0.161. The Balaban J connectivity index is 5.26. The zero-order chi connectivity index (χ0) is 75.6. The molecular weight excluding hydrogens is 1340 g/mol.